The van der Waals surface area contributed by atoms with Crippen LogP contribution in [-0.4, -0.2) is 0 Å². The first-order chi connectivity index (χ1) is 36.6. The van der Waals surface area contributed by atoms with Crippen molar-refractivity contribution in [1.29, 1.82) is 0 Å². The molecule has 0 saturated heterocycles. The maximum atomic E-state index is 2.41. The van der Waals surface area contributed by atoms with Gasteiger partial charge in [0.15, 0.2) is 0 Å². The highest BCUT2D eigenvalue weighted by atomic mass is 15.2. The number of hydrogen-bond donors (Lipinski definition) is 0. The smallest absolute Gasteiger partial charge is 0.0540 e. The van der Waals surface area contributed by atoms with Gasteiger partial charge in [-0.1, -0.05) is 213 Å². The van der Waals surface area contributed by atoms with Gasteiger partial charge in [0, 0.05) is 56.0 Å². The lowest BCUT2D eigenvalue weighted by atomic mass is 9.72. The zero-order valence-electron chi connectivity index (χ0n) is 41.4. The monoisotopic (exact) mass is 949 g/mol. The molecule has 0 bridgehead atoms. The number of rotatable bonds is 14. The molecule has 0 radical (unpaired) electrons. The number of fused-ring (bicyclic) bond motifs is 2. The maximum Gasteiger partial charge on any atom is 0.0540 e. The summed E-state index contributed by atoms with van der Waals surface area (Å²) in [5, 5.41) is 4.80. The summed E-state index contributed by atoms with van der Waals surface area (Å²) in [6.45, 7) is 2.38. The Balaban J connectivity index is 0.890. The minimum Gasteiger partial charge on any atom is -0.311 e. The first-order valence-corrected chi connectivity index (χ1v) is 25.5. The molecule has 1 atom stereocenters. The summed E-state index contributed by atoms with van der Waals surface area (Å²) in [5.41, 5.74) is 15.9. The van der Waals surface area contributed by atoms with E-state index in [0.717, 1.165) is 68.7 Å². The standard InChI is InChI=1S/C71H55N3/c1-71(58-26-8-3-9-27-58,52-53-20-6-2-7-21-53)59-40-46-65(47-41-59)73(69-34-18-24-56-22-14-16-32-67(56)69)63-42-36-54(37-43-63)55-38-44-64(45-39-55)74(70-35-19-25-57-23-15-17-33-68(57)70)66-50-48-62(49-51-66)72(60-28-10-4-11-29-60)61-30-12-5-13-31-61/h2-51H,52H2,1H3. The van der Waals surface area contributed by atoms with Gasteiger partial charge in [-0.2, -0.15) is 0 Å². The van der Waals surface area contributed by atoms with Crippen LogP contribution in [0, 0.1) is 0 Å². The zero-order valence-corrected chi connectivity index (χ0v) is 41.4. The van der Waals surface area contributed by atoms with Gasteiger partial charge >= 0.3 is 0 Å². The fourth-order valence-electron chi connectivity index (χ4n) is 10.8. The van der Waals surface area contributed by atoms with E-state index in [2.05, 4.69) is 325 Å². The summed E-state index contributed by atoms with van der Waals surface area (Å²) in [4.78, 5) is 7.09. The molecule has 0 spiro atoms. The Bertz CT molecular complexity index is 3740. The molecule has 0 fully saturated rings. The molecule has 0 aliphatic rings. The summed E-state index contributed by atoms with van der Waals surface area (Å²) < 4.78 is 0. The van der Waals surface area contributed by atoms with Crippen LogP contribution in [0.3, 0.4) is 0 Å². The van der Waals surface area contributed by atoms with Crippen molar-refractivity contribution < 1.29 is 0 Å². The average Bonchev–Trinajstić information content (AvgIpc) is 3.47. The lowest BCUT2D eigenvalue weighted by molar-refractivity contribution is 0.567. The third kappa shape index (κ3) is 9.08. The highest BCUT2D eigenvalue weighted by molar-refractivity contribution is 6.00. The third-order valence-corrected chi connectivity index (χ3v) is 14.6. The Kier molecular flexibility index (Phi) is 12.6. The van der Waals surface area contributed by atoms with Crippen molar-refractivity contribution >= 4 is 72.7 Å². The number of para-hydroxylation sites is 2. The van der Waals surface area contributed by atoms with Crippen LogP contribution >= 0.6 is 0 Å². The number of nitrogens with zero attached hydrogens (tertiary/aromatic N) is 3. The Morgan fingerprint density at radius 1 is 0.257 bits per heavy atom. The van der Waals surface area contributed by atoms with E-state index in [9.17, 15) is 0 Å². The molecule has 0 aliphatic heterocycles. The fraction of sp³-hybridized carbons (Fsp3) is 0.0423. The van der Waals surface area contributed by atoms with Crippen molar-refractivity contribution in [1.82, 2.24) is 0 Å². The second-order valence-corrected chi connectivity index (χ2v) is 19.2. The molecule has 0 heterocycles. The van der Waals surface area contributed by atoms with Crippen molar-refractivity contribution in [3.05, 3.63) is 320 Å². The Morgan fingerprint density at radius 3 is 1.01 bits per heavy atom. The lowest BCUT2D eigenvalue weighted by Gasteiger charge is -2.33. The molecule has 0 amide bonds. The minimum absolute atomic E-state index is 0.230. The minimum atomic E-state index is -0.230. The second-order valence-electron chi connectivity index (χ2n) is 19.2. The van der Waals surface area contributed by atoms with Gasteiger partial charge < -0.3 is 14.7 Å². The van der Waals surface area contributed by atoms with Crippen molar-refractivity contribution in [3.63, 3.8) is 0 Å². The first kappa shape index (κ1) is 45.7. The SMILES string of the molecule is CC(Cc1ccccc1)(c1ccccc1)c1ccc(N(c2ccc(-c3ccc(N(c4ccc(N(c5ccccc5)c5ccccc5)cc4)c4cccc5ccccc45)cc3)cc2)c2cccc3ccccc23)cc1. The fourth-order valence-corrected chi connectivity index (χ4v) is 10.8. The molecule has 12 aromatic rings. The van der Waals surface area contributed by atoms with Crippen LogP contribution in [0.5, 0.6) is 0 Å². The Labute approximate surface area is 435 Å². The summed E-state index contributed by atoms with van der Waals surface area (Å²) in [6.07, 6.45) is 0.893. The number of benzene rings is 12. The van der Waals surface area contributed by atoms with E-state index in [0.29, 0.717) is 0 Å². The normalized spacial score (nSPS) is 12.0. The predicted molar refractivity (Wildman–Crippen MR) is 314 cm³/mol. The molecule has 3 nitrogen and oxygen atoms in total. The Hall–Kier alpha value is -9.44. The highest BCUT2D eigenvalue weighted by Crippen LogP contribution is 2.44. The molecule has 74 heavy (non-hydrogen) atoms. The van der Waals surface area contributed by atoms with Crippen molar-refractivity contribution in [2.24, 2.45) is 0 Å². The van der Waals surface area contributed by atoms with Crippen LogP contribution in [0.4, 0.5) is 51.2 Å². The molecular weight excluding hydrogens is 895 g/mol. The van der Waals surface area contributed by atoms with E-state index in [1.54, 1.807) is 0 Å². The van der Waals surface area contributed by atoms with Gasteiger partial charge in [0.2, 0.25) is 0 Å². The Morgan fingerprint density at radius 2 is 0.568 bits per heavy atom. The van der Waals surface area contributed by atoms with Gasteiger partial charge in [0.1, 0.15) is 0 Å². The molecule has 0 N–H and O–H groups in total. The van der Waals surface area contributed by atoms with E-state index in [-0.39, 0.29) is 5.41 Å². The maximum absolute atomic E-state index is 2.41. The molecule has 354 valence electrons. The molecule has 0 aromatic heterocycles. The van der Waals surface area contributed by atoms with E-state index < -0.39 is 0 Å². The molecule has 12 aromatic carbocycles. The van der Waals surface area contributed by atoms with E-state index in [1.165, 1.54) is 38.2 Å². The van der Waals surface area contributed by atoms with Crippen molar-refractivity contribution in [3.8, 4) is 11.1 Å². The molecule has 1 unspecified atom stereocenters. The van der Waals surface area contributed by atoms with Crippen LogP contribution in [0.1, 0.15) is 23.6 Å². The van der Waals surface area contributed by atoms with Crippen molar-refractivity contribution in [2.75, 3.05) is 14.7 Å². The van der Waals surface area contributed by atoms with Crippen LogP contribution in [0.2, 0.25) is 0 Å². The number of anilines is 9. The topological polar surface area (TPSA) is 9.72 Å². The summed E-state index contributed by atoms with van der Waals surface area (Å²) >= 11 is 0. The van der Waals surface area contributed by atoms with Gasteiger partial charge in [-0.15, -0.1) is 0 Å². The predicted octanol–water partition coefficient (Wildman–Crippen LogP) is 19.6. The number of hydrogen-bond acceptors (Lipinski definition) is 3. The highest BCUT2D eigenvalue weighted by Gasteiger charge is 2.30. The first-order valence-electron chi connectivity index (χ1n) is 25.5. The van der Waals surface area contributed by atoms with Crippen LogP contribution < -0.4 is 14.7 Å². The van der Waals surface area contributed by atoms with Gasteiger partial charge in [-0.25, -0.2) is 0 Å². The average molecular weight is 950 g/mol. The van der Waals surface area contributed by atoms with Gasteiger partial charge in [-0.3, -0.25) is 0 Å². The zero-order chi connectivity index (χ0) is 49.7. The molecule has 12 rings (SSSR count). The molecule has 0 aliphatic carbocycles. The summed E-state index contributed by atoms with van der Waals surface area (Å²) in [5.74, 6) is 0. The lowest BCUT2D eigenvalue weighted by Crippen LogP contribution is -2.26. The molecule has 0 saturated carbocycles. The van der Waals surface area contributed by atoms with Crippen LogP contribution in [-0.2, 0) is 11.8 Å². The third-order valence-electron chi connectivity index (χ3n) is 14.6. The molecule has 3 heteroatoms. The van der Waals surface area contributed by atoms with E-state index in [1.807, 2.05) is 0 Å². The van der Waals surface area contributed by atoms with Crippen LogP contribution in [0.25, 0.3) is 32.7 Å². The van der Waals surface area contributed by atoms with Crippen molar-refractivity contribution in [2.45, 2.75) is 18.8 Å². The summed E-state index contributed by atoms with van der Waals surface area (Å²) in [6, 6.07) is 110. The van der Waals surface area contributed by atoms with Gasteiger partial charge in [-0.05, 0) is 142 Å². The quantitative estimate of drug-likeness (QED) is 0.108. The van der Waals surface area contributed by atoms with E-state index >= 15 is 0 Å². The van der Waals surface area contributed by atoms with Crippen LogP contribution in [0.15, 0.2) is 303 Å². The molecular formula is C71H55N3. The summed E-state index contributed by atoms with van der Waals surface area (Å²) in [7, 11) is 0. The van der Waals surface area contributed by atoms with E-state index in [4.69, 9.17) is 0 Å². The largest absolute Gasteiger partial charge is 0.311 e. The van der Waals surface area contributed by atoms with Gasteiger partial charge in [0.05, 0.1) is 11.4 Å². The second kappa shape index (κ2) is 20.4. The van der Waals surface area contributed by atoms with Gasteiger partial charge in [0.25, 0.3) is 0 Å².